The van der Waals surface area contributed by atoms with E-state index in [-0.39, 0.29) is 0 Å². The number of nitrogens with two attached hydrogens (primary N) is 1. The minimum Gasteiger partial charge on any atom is -0.368 e. The molecular formula is C15H24N4. The van der Waals surface area contributed by atoms with Crippen molar-refractivity contribution in [2.75, 3.05) is 18.0 Å². The lowest BCUT2D eigenvalue weighted by atomic mass is 9.84. The summed E-state index contributed by atoms with van der Waals surface area (Å²) < 4.78 is 0. The molecule has 19 heavy (non-hydrogen) atoms. The van der Waals surface area contributed by atoms with Crippen LogP contribution in [-0.4, -0.2) is 29.1 Å². The van der Waals surface area contributed by atoms with Gasteiger partial charge < -0.3 is 10.6 Å². The van der Waals surface area contributed by atoms with Crippen LogP contribution in [0.15, 0.2) is 0 Å². The highest BCUT2D eigenvalue weighted by Gasteiger charge is 2.25. The van der Waals surface area contributed by atoms with E-state index in [1.807, 2.05) is 0 Å². The monoisotopic (exact) mass is 260 g/mol. The van der Waals surface area contributed by atoms with Crippen LogP contribution in [0, 0.1) is 13.8 Å². The van der Waals surface area contributed by atoms with Gasteiger partial charge in [-0.05, 0) is 39.5 Å². The van der Waals surface area contributed by atoms with Gasteiger partial charge in [-0.15, -0.1) is 0 Å². The fraction of sp³-hybridized carbons (Fsp3) is 0.733. The van der Waals surface area contributed by atoms with E-state index in [0.29, 0.717) is 12.0 Å². The first-order chi connectivity index (χ1) is 9.15. The molecule has 1 saturated heterocycles. The molecule has 4 heteroatoms. The normalized spacial score (nSPS) is 21.5. The van der Waals surface area contributed by atoms with Gasteiger partial charge in [-0.1, -0.05) is 6.42 Å². The standard InChI is InChI=1S/C15H24N4/c1-10-14(19-8-6-13(16)7-9-19)11(2)18-15(17-10)12-4-3-5-12/h12-13H,3-9,16H2,1-2H3. The molecule has 3 rings (SSSR count). The highest BCUT2D eigenvalue weighted by atomic mass is 15.2. The third kappa shape index (κ3) is 2.46. The Balaban J connectivity index is 1.85. The van der Waals surface area contributed by atoms with E-state index in [1.54, 1.807) is 0 Å². The van der Waals surface area contributed by atoms with Crippen LogP contribution in [0.2, 0.25) is 0 Å². The van der Waals surface area contributed by atoms with Gasteiger partial charge in [-0.3, -0.25) is 0 Å². The number of hydrogen-bond donors (Lipinski definition) is 1. The van der Waals surface area contributed by atoms with Crippen LogP contribution >= 0.6 is 0 Å². The van der Waals surface area contributed by atoms with Crippen molar-refractivity contribution in [1.82, 2.24) is 9.97 Å². The predicted molar refractivity (Wildman–Crippen MR) is 77.5 cm³/mol. The zero-order valence-electron chi connectivity index (χ0n) is 12.0. The average molecular weight is 260 g/mol. The largest absolute Gasteiger partial charge is 0.368 e. The molecule has 0 aromatic carbocycles. The van der Waals surface area contributed by atoms with Crippen molar-refractivity contribution in [1.29, 1.82) is 0 Å². The van der Waals surface area contributed by atoms with Crippen molar-refractivity contribution in [3.63, 3.8) is 0 Å². The third-order valence-electron chi connectivity index (χ3n) is 4.58. The van der Waals surface area contributed by atoms with Crippen LogP contribution in [-0.2, 0) is 0 Å². The molecule has 0 amide bonds. The molecule has 0 radical (unpaired) electrons. The van der Waals surface area contributed by atoms with Crippen molar-refractivity contribution in [2.24, 2.45) is 5.73 Å². The maximum Gasteiger partial charge on any atom is 0.132 e. The molecule has 4 nitrogen and oxygen atoms in total. The Morgan fingerprint density at radius 1 is 1.00 bits per heavy atom. The molecule has 2 fully saturated rings. The van der Waals surface area contributed by atoms with E-state index in [9.17, 15) is 0 Å². The van der Waals surface area contributed by atoms with Gasteiger partial charge in [0.1, 0.15) is 5.82 Å². The zero-order valence-corrected chi connectivity index (χ0v) is 12.0. The fourth-order valence-corrected chi connectivity index (χ4v) is 3.17. The van der Waals surface area contributed by atoms with Gasteiger partial charge in [-0.25, -0.2) is 9.97 Å². The molecule has 1 aliphatic heterocycles. The van der Waals surface area contributed by atoms with Crippen molar-refractivity contribution < 1.29 is 0 Å². The van der Waals surface area contributed by atoms with Gasteiger partial charge in [0, 0.05) is 25.0 Å². The van der Waals surface area contributed by atoms with Crippen molar-refractivity contribution in [2.45, 2.75) is 57.9 Å². The number of aryl methyl sites for hydroxylation is 2. The Hall–Kier alpha value is -1.16. The number of nitrogens with zero attached hydrogens (tertiary/aromatic N) is 3. The first kappa shape index (κ1) is 12.9. The Bertz CT molecular complexity index is 436. The van der Waals surface area contributed by atoms with Crippen molar-refractivity contribution in [3.8, 4) is 0 Å². The second-order valence-corrected chi connectivity index (χ2v) is 6.05. The Morgan fingerprint density at radius 2 is 1.58 bits per heavy atom. The molecule has 2 heterocycles. The molecular weight excluding hydrogens is 236 g/mol. The van der Waals surface area contributed by atoms with Gasteiger partial charge in [0.2, 0.25) is 0 Å². The lowest BCUT2D eigenvalue weighted by Crippen LogP contribution is -2.40. The lowest BCUT2D eigenvalue weighted by molar-refractivity contribution is 0.399. The summed E-state index contributed by atoms with van der Waals surface area (Å²) in [6, 6.07) is 0.368. The van der Waals surface area contributed by atoms with Crippen molar-refractivity contribution in [3.05, 3.63) is 17.2 Å². The molecule has 1 saturated carbocycles. The second kappa shape index (κ2) is 5.08. The molecule has 1 aromatic rings. The minimum absolute atomic E-state index is 0.368. The Labute approximate surface area is 115 Å². The maximum absolute atomic E-state index is 5.98. The first-order valence-electron chi connectivity index (χ1n) is 7.51. The molecule has 1 aromatic heterocycles. The molecule has 1 aliphatic carbocycles. The molecule has 0 atom stereocenters. The van der Waals surface area contributed by atoms with Gasteiger partial charge in [-0.2, -0.15) is 0 Å². The summed E-state index contributed by atoms with van der Waals surface area (Å²) in [6.07, 6.45) is 6.00. The summed E-state index contributed by atoms with van der Waals surface area (Å²) in [4.78, 5) is 11.9. The number of anilines is 1. The van der Waals surface area contributed by atoms with Gasteiger partial charge in [0.25, 0.3) is 0 Å². The van der Waals surface area contributed by atoms with E-state index in [2.05, 4.69) is 18.7 Å². The summed E-state index contributed by atoms with van der Waals surface area (Å²) in [5.74, 6) is 1.68. The van der Waals surface area contributed by atoms with Crippen LogP contribution in [0.1, 0.15) is 55.2 Å². The maximum atomic E-state index is 5.98. The molecule has 0 unspecified atom stereocenters. The lowest BCUT2D eigenvalue weighted by Gasteiger charge is -2.34. The van der Waals surface area contributed by atoms with Gasteiger partial charge in [0.05, 0.1) is 17.1 Å². The van der Waals surface area contributed by atoms with Gasteiger partial charge >= 0.3 is 0 Å². The quantitative estimate of drug-likeness (QED) is 0.886. The van der Waals surface area contributed by atoms with Crippen LogP contribution in [0.5, 0.6) is 0 Å². The summed E-state index contributed by atoms with van der Waals surface area (Å²) >= 11 is 0. The molecule has 2 aliphatic rings. The Morgan fingerprint density at radius 3 is 2.05 bits per heavy atom. The smallest absolute Gasteiger partial charge is 0.132 e. The van der Waals surface area contributed by atoms with E-state index in [0.717, 1.165) is 43.1 Å². The SMILES string of the molecule is Cc1nc(C2CCC2)nc(C)c1N1CCC(N)CC1. The topological polar surface area (TPSA) is 55.0 Å². The van der Waals surface area contributed by atoms with Crippen molar-refractivity contribution >= 4 is 5.69 Å². The summed E-state index contributed by atoms with van der Waals surface area (Å²) in [5, 5.41) is 0. The highest BCUT2D eigenvalue weighted by molar-refractivity contribution is 5.54. The van der Waals surface area contributed by atoms with Crippen LogP contribution in [0.4, 0.5) is 5.69 Å². The summed E-state index contributed by atoms with van der Waals surface area (Å²) in [7, 11) is 0. The number of rotatable bonds is 2. The highest BCUT2D eigenvalue weighted by Crippen LogP contribution is 2.36. The molecule has 0 spiro atoms. The number of aromatic nitrogens is 2. The molecule has 0 bridgehead atoms. The summed E-state index contributed by atoms with van der Waals surface area (Å²) in [5.41, 5.74) is 9.51. The Kier molecular flexibility index (Phi) is 3.44. The molecule has 104 valence electrons. The fourth-order valence-electron chi connectivity index (χ4n) is 3.17. The third-order valence-corrected chi connectivity index (χ3v) is 4.58. The van der Waals surface area contributed by atoms with Crippen LogP contribution in [0.25, 0.3) is 0 Å². The van der Waals surface area contributed by atoms with E-state index in [4.69, 9.17) is 15.7 Å². The van der Waals surface area contributed by atoms with E-state index >= 15 is 0 Å². The van der Waals surface area contributed by atoms with E-state index in [1.165, 1.54) is 24.9 Å². The molecule has 2 N–H and O–H groups in total. The average Bonchev–Trinajstić information content (AvgIpc) is 2.28. The minimum atomic E-state index is 0.368. The van der Waals surface area contributed by atoms with E-state index < -0.39 is 0 Å². The van der Waals surface area contributed by atoms with Crippen LogP contribution < -0.4 is 10.6 Å². The van der Waals surface area contributed by atoms with Gasteiger partial charge in [0.15, 0.2) is 0 Å². The van der Waals surface area contributed by atoms with Crippen LogP contribution in [0.3, 0.4) is 0 Å². The second-order valence-electron chi connectivity index (χ2n) is 6.05. The number of hydrogen-bond acceptors (Lipinski definition) is 4. The summed E-state index contributed by atoms with van der Waals surface area (Å²) in [6.45, 7) is 6.32. The predicted octanol–water partition coefficient (Wildman–Crippen LogP) is 2.29. The zero-order chi connectivity index (χ0) is 13.4. The first-order valence-corrected chi connectivity index (χ1v) is 7.51. The number of piperidine rings is 1.